The van der Waals surface area contributed by atoms with E-state index in [9.17, 15) is 32.8 Å². The zero-order valence-electron chi connectivity index (χ0n) is 24.1. The minimum Gasteiger partial charge on any atom is -0.461 e. The largest absolute Gasteiger partial charge is 0.461 e. The predicted molar refractivity (Wildman–Crippen MR) is 151 cm³/mol. The van der Waals surface area contributed by atoms with Crippen molar-refractivity contribution in [3.05, 3.63) is 99.0 Å². The Labute approximate surface area is 255 Å². The van der Waals surface area contributed by atoms with Gasteiger partial charge in [-0.3, -0.25) is 24.0 Å². The fourth-order valence-corrected chi connectivity index (χ4v) is 4.93. The summed E-state index contributed by atoms with van der Waals surface area (Å²) in [5.74, 6) is -5.15. The molecule has 2 aromatic carbocycles. The van der Waals surface area contributed by atoms with Gasteiger partial charge in [0.2, 0.25) is 18.0 Å². The van der Waals surface area contributed by atoms with Gasteiger partial charge in [-0.1, -0.05) is 36.4 Å². The van der Waals surface area contributed by atoms with E-state index in [0.29, 0.717) is 6.07 Å². The quantitative estimate of drug-likeness (QED) is 0.251. The number of fused-ring (bicyclic) bond motifs is 2. The first-order chi connectivity index (χ1) is 21.6. The predicted octanol–water partition coefficient (Wildman–Crippen LogP) is 2.66. The summed E-state index contributed by atoms with van der Waals surface area (Å²) in [5.41, 5.74) is -0.815. The Morgan fingerprint density at radius 1 is 1.02 bits per heavy atom. The van der Waals surface area contributed by atoms with Gasteiger partial charge in [-0.15, -0.1) is 0 Å². The van der Waals surface area contributed by atoms with Crippen molar-refractivity contribution in [2.45, 2.75) is 51.7 Å². The maximum atomic E-state index is 14.1. The van der Waals surface area contributed by atoms with E-state index in [2.05, 4.69) is 5.32 Å². The Morgan fingerprint density at radius 3 is 2.49 bits per heavy atom. The van der Waals surface area contributed by atoms with Crippen LogP contribution in [0.3, 0.4) is 0 Å². The van der Waals surface area contributed by atoms with Crippen LogP contribution < -0.4 is 15.5 Å². The molecule has 3 heterocycles. The van der Waals surface area contributed by atoms with Gasteiger partial charge in [-0.25, -0.2) is 8.78 Å². The monoisotopic (exact) mass is 625 g/mol. The SMILES string of the molecule is CC1COC2Cn3cc(C(=O)NCc4ccc(F)cc4F)c(=O)c(OCOC(=O)CCC(=O)OCc4ccccc4)c3C(=O)N12. The maximum absolute atomic E-state index is 14.1. The number of ether oxygens (including phenoxy) is 4. The van der Waals surface area contributed by atoms with Gasteiger partial charge in [0, 0.05) is 24.4 Å². The summed E-state index contributed by atoms with van der Waals surface area (Å²) < 4.78 is 50.0. The second-order valence-electron chi connectivity index (χ2n) is 10.4. The zero-order valence-corrected chi connectivity index (χ0v) is 24.1. The number of hydrogen-bond donors (Lipinski definition) is 1. The molecule has 0 aliphatic carbocycles. The molecule has 0 saturated carbocycles. The Hall–Kier alpha value is -5.11. The lowest BCUT2D eigenvalue weighted by molar-refractivity contribution is -0.155. The van der Waals surface area contributed by atoms with Crippen LogP contribution in [-0.2, 0) is 43.5 Å². The molecular weight excluding hydrogens is 596 g/mol. The van der Waals surface area contributed by atoms with E-state index >= 15 is 0 Å². The summed E-state index contributed by atoms with van der Waals surface area (Å²) in [5, 5.41) is 2.41. The highest BCUT2D eigenvalue weighted by atomic mass is 19.1. The van der Waals surface area contributed by atoms with E-state index < -0.39 is 65.2 Å². The summed E-state index contributed by atoms with van der Waals surface area (Å²) in [6.45, 7) is 0.992. The summed E-state index contributed by atoms with van der Waals surface area (Å²) in [4.78, 5) is 65.7. The van der Waals surface area contributed by atoms with Crippen molar-refractivity contribution in [3.8, 4) is 5.75 Å². The number of esters is 2. The molecule has 2 aliphatic rings. The first-order valence-corrected chi connectivity index (χ1v) is 14.0. The van der Waals surface area contributed by atoms with Gasteiger partial charge >= 0.3 is 11.9 Å². The number of hydrogen-bond acceptors (Lipinski definition) is 9. The first-order valence-electron chi connectivity index (χ1n) is 14.0. The van der Waals surface area contributed by atoms with Crippen LogP contribution >= 0.6 is 0 Å². The standard InChI is InChI=1S/C31H29F2N3O9/c1-18-15-42-24-14-35-13-22(30(40)34-12-20-7-8-21(32)11-23(20)33)28(39)29(27(35)31(41)36(18)24)45-17-44-26(38)10-9-25(37)43-16-19-5-3-2-4-6-19/h2-8,11,13,18,24H,9-10,12,14-17H2,1H3,(H,34,40). The molecule has 0 bridgehead atoms. The van der Waals surface area contributed by atoms with E-state index in [1.54, 1.807) is 31.2 Å². The van der Waals surface area contributed by atoms with Crippen LogP contribution in [0.4, 0.5) is 8.78 Å². The first kappa shape index (κ1) is 31.3. The minimum absolute atomic E-state index is 0.0192. The van der Waals surface area contributed by atoms with Gasteiger partial charge in [0.05, 0.1) is 32.0 Å². The molecule has 2 unspecified atom stereocenters. The van der Waals surface area contributed by atoms with Crippen molar-refractivity contribution in [3.63, 3.8) is 0 Å². The number of rotatable bonds is 11. The normalized spacial score (nSPS) is 16.9. The second kappa shape index (κ2) is 13.7. The van der Waals surface area contributed by atoms with E-state index in [-0.39, 0.29) is 56.4 Å². The third-order valence-electron chi connectivity index (χ3n) is 7.24. The van der Waals surface area contributed by atoms with Crippen LogP contribution in [0.5, 0.6) is 5.75 Å². The number of halogens is 2. The maximum Gasteiger partial charge on any atom is 0.309 e. The highest BCUT2D eigenvalue weighted by Gasteiger charge is 2.43. The van der Waals surface area contributed by atoms with E-state index in [0.717, 1.165) is 17.7 Å². The Kier molecular flexibility index (Phi) is 9.52. The lowest BCUT2D eigenvalue weighted by Gasteiger charge is -2.34. The fourth-order valence-electron chi connectivity index (χ4n) is 4.93. The van der Waals surface area contributed by atoms with Crippen molar-refractivity contribution >= 4 is 23.8 Å². The number of amides is 2. The number of benzene rings is 2. The highest BCUT2D eigenvalue weighted by molar-refractivity contribution is 5.99. The topological polar surface area (TPSA) is 142 Å². The Bertz CT molecular complexity index is 1680. The van der Waals surface area contributed by atoms with Crippen LogP contribution in [-0.4, -0.2) is 58.9 Å². The van der Waals surface area contributed by atoms with Gasteiger partial charge in [-0.2, -0.15) is 0 Å². The molecule has 2 aliphatic heterocycles. The number of carbonyl (C=O) groups excluding carboxylic acids is 4. The third kappa shape index (κ3) is 7.17. The van der Waals surface area contributed by atoms with Gasteiger partial charge in [0.25, 0.3) is 11.8 Å². The average molecular weight is 626 g/mol. The van der Waals surface area contributed by atoms with E-state index in [1.807, 2.05) is 6.07 Å². The zero-order chi connectivity index (χ0) is 32.1. The molecule has 2 amide bonds. The van der Waals surface area contributed by atoms with Crippen molar-refractivity contribution in [1.82, 2.24) is 14.8 Å². The minimum atomic E-state index is -0.974. The lowest BCUT2D eigenvalue weighted by atomic mass is 10.1. The van der Waals surface area contributed by atoms with Crippen molar-refractivity contribution in [2.75, 3.05) is 13.4 Å². The molecule has 3 aromatic rings. The smallest absolute Gasteiger partial charge is 0.309 e. The fraction of sp³-hybridized carbons (Fsp3) is 0.323. The van der Waals surface area contributed by atoms with Gasteiger partial charge < -0.3 is 33.7 Å². The number of nitrogens with one attached hydrogen (secondary N) is 1. The van der Waals surface area contributed by atoms with Crippen molar-refractivity contribution in [2.24, 2.45) is 0 Å². The second-order valence-corrected chi connectivity index (χ2v) is 10.4. The summed E-state index contributed by atoms with van der Waals surface area (Å²) in [7, 11) is 0. The molecule has 12 nitrogen and oxygen atoms in total. The van der Waals surface area contributed by atoms with Gasteiger partial charge in [0.1, 0.15) is 23.8 Å². The molecule has 1 aromatic heterocycles. The Morgan fingerprint density at radius 2 is 1.76 bits per heavy atom. The van der Waals surface area contributed by atoms with Crippen LogP contribution in [0, 0.1) is 11.6 Å². The van der Waals surface area contributed by atoms with Crippen LogP contribution in [0.25, 0.3) is 0 Å². The van der Waals surface area contributed by atoms with Gasteiger partial charge in [-0.05, 0) is 18.6 Å². The van der Waals surface area contributed by atoms with Gasteiger partial charge in [0.15, 0.2) is 11.9 Å². The molecule has 2 atom stereocenters. The summed E-state index contributed by atoms with van der Waals surface area (Å²) in [6, 6.07) is 11.5. The van der Waals surface area contributed by atoms with E-state index in [4.69, 9.17) is 18.9 Å². The number of aromatic nitrogens is 1. The average Bonchev–Trinajstić information content (AvgIpc) is 3.40. The molecule has 0 spiro atoms. The molecular formula is C31H29F2N3O9. The highest BCUT2D eigenvalue weighted by Crippen LogP contribution is 2.30. The molecule has 1 N–H and O–H groups in total. The number of nitrogens with zero attached hydrogens (tertiary/aromatic N) is 2. The molecule has 1 saturated heterocycles. The molecule has 236 valence electrons. The molecule has 1 fully saturated rings. The molecule has 5 rings (SSSR count). The molecule has 0 radical (unpaired) electrons. The lowest BCUT2D eigenvalue weighted by Crippen LogP contribution is -2.49. The van der Waals surface area contributed by atoms with Crippen molar-refractivity contribution in [1.29, 1.82) is 0 Å². The van der Waals surface area contributed by atoms with E-state index in [1.165, 1.54) is 15.7 Å². The van der Waals surface area contributed by atoms with Crippen LogP contribution in [0.1, 0.15) is 51.7 Å². The molecule has 45 heavy (non-hydrogen) atoms. The summed E-state index contributed by atoms with van der Waals surface area (Å²) >= 11 is 0. The van der Waals surface area contributed by atoms with Crippen LogP contribution in [0.2, 0.25) is 0 Å². The number of carbonyl (C=O) groups is 4. The third-order valence-corrected chi connectivity index (χ3v) is 7.24. The number of pyridine rings is 1. The Balaban J connectivity index is 1.27. The summed E-state index contributed by atoms with van der Waals surface area (Å²) in [6.07, 6.45) is -0.0743. The van der Waals surface area contributed by atoms with Crippen LogP contribution in [0.15, 0.2) is 59.5 Å². The molecule has 14 heteroatoms. The van der Waals surface area contributed by atoms with Crippen molar-refractivity contribution < 1.29 is 46.9 Å².